The molecule has 1 aromatic heterocycles. The van der Waals surface area contributed by atoms with Crippen molar-refractivity contribution >= 4 is 5.69 Å². The van der Waals surface area contributed by atoms with Gasteiger partial charge in [0.15, 0.2) is 0 Å². The highest BCUT2D eigenvalue weighted by atomic mass is 19.1. The highest BCUT2D eigenvalue weighted by Crippen LogP contribution is 2.30. The highest BCUT2D eigenvalue weighted by Gasteiger charge is 2.20. The normalized spacial score (nSPS) is 16.8. The number of hydrogen-bond acceptors (Lipinski definition) is 3. The average Bonchev–Trinajstić information content (AvgIpc) is 2.90. The Balaban J connectivity index is 1.88. The van der Waals surface area contributed by atoms with Crippen LogP contribution in [-0.4, -0.2) is 29.3 Å². The van der Waals surface area contributed by atoms with Gasteiger partial charge in [-0.25, -0.2) is 4.39 Å². The van der Waals surface area contributed by atoms with E-state index in [0.29, 0.717) is 6.04 Å². The number of piperidine rings is 1. The number of H-pyrrole nitrogens is 1. The van der Waals surface area contributed by atoms with Crippen molar-refractivity contribution in [3.05, 3.63) is 36.3 Å². The molecule has 0 atom stereocenters. The molecule has 2 heterocycles. The van der Waals surface area contributed by atoms with Crippen LogP contribution in [0.4, 0.5) is 10.1 Å². The maximum atomic E-state index is 13.0. The first-order valence-electron chi connectivity index (χ1n) is 6.54. The summed E-state index contributed by atoms with van der Waals surface area (Å²) in [5, 5.41) is 7.13. The molecule has 3 rings (SSSR count). The first kappa shape index (κ1) is 12.2. The van der Waals surface area contributed by atoms with Crippen molar-refractivity contribution in [3.63, 3.8) is 0 Å². The van der Waals surface area contributed by atoms with E-state index >= 15 is 0 Å². The highest BCUT2D eigenvalue weighted by molar-refractivity contribution is 5.74. The number of nitrogens with zero attached hydrogens (tertiary/aromatic N) is 2. The van der Waals surface area contributed by atoms with Crippen LogP contribution in [0, 0.1) is 5.82 Å². The molecule has 100 valence electrons. The van der Waals surface area contributed by atoms with E-state index in [1.807, 2.05) is 6.20 Å². The number of hydrogen-bond donors (Lipinski definition) is 2. The summed E-state index contributed by atoms with van der Waals surface area (Å²) >= 11 is 0. The minimum Gasteiger partial charge on any atom is -0.368 e. The fourth-order valence-corrected chi connectivity index (χ4v) is 2.49. The summed E-state index contributed by atoms with van der Waals surface area (Å²) in [7, 11) is 0. The zero-order valence-corrected chi connectivity index (χ0v) is 10.6. The lowest BCUT2D eigenvalue weighted by Gasteiger charge is -2.31. The van der Waals surface area contributed by atoms with Crippen LogP contribution in [0.15, 0.2) is 30.5 Å². The van der Waals surface area contributed by atoms with Crippen LogP contribution >= 0.6 is 0 Å². The number of aromatic amines is 1. The quantitative estimate of drug-likeness (QED) is 0.869. The van der Waals surface area contributed by atoms with Gasteiger partial charge < -0.3 is 10.6 Å². The molecule has 1 fully saturated rings. The van der Waals surface area contributed by atoms with Crippen molar-refractivity contribution in [1.82, 2.24) is 10.2 Å². The Morgan fingerprint density at radius 3 is 2.58 bits per heavy atom. The Kier molecular flexibility index (Phi) is 3.21. The number of benzene rings is 1. The number of nitrogens with one attached hydrogen (secondary N) is 1. The van der Waals surface area contributed by atoms with Gasteiger partial charge in [0, 0.05) is 24.7 Å². The van der Waals surface area contributed by atoms with Gasteiger partial charge in [-0.05, 0) is 37.1 Å². The average molecular weight is 260 g/mol. The smallest absolute Gasteiger partial charge is 0.123 e. The van der Waals surface area contributed by atoms with Gasteiger partial charge in [0.1, 0.15) is 5.82 Å². The monoisotopic (exact) mass is 260 g/mol. The van der Waals surface area contributed by atoms with E-state index in [1.54, 1.807) is 12.1 Å². The van der Waals surface area contributed by atoms with Crippen molar-refractivity contribution in [2.24, 2.45) is 5.73 Å². The summed E-state index contributed by atoms with van der Waals surface area (Å²) in [6.07, 6.45) is 3.82. The number of rotatable bonds is 2. The Morgan fingerprint density at radius 2 is 1.89 bits per heavy atom. The fraction of sp³-hybridized carbons (Fsp3) is 0.357. The summed E-state index contributed by atoms with van der Waals surface area (Å²) in [6.45, 7) is 1.88. The van der Waals surface area contributed by atoms with E-state index < -0.39 is 0 Å². The van der Waals surface area contributed by atoms with Crippen LogP contribution in [-0.2, 0) is 0 Å². The first-order chi connectivity index (χ1) is 9.24. The van der Waals surface area contributed by atoms with E-state index in [0.717, 1.165) is 42.9 Å². The molecule has 0 amide bonds. The predicted molar refractivity (Wildman–Crippen MR) is 73.4 cm³/mol. The van der Waals surface area contributed by atoms with Gasteiger partial charge in [0.2, 0.25) is 0 Å². The van der Waals surface area contributed by atoms with Crippen LogP contribution < -0.4 is 10.6 Å². The topological polar surface area (TPSA) is 57.9 Å². The van der Waals surface area contributed by atoms with Gasteiger partial charge in [-0.15, -0.1) is 0 Å². The van der Waals surface area contributed by atoms with Crippen molar-refractivity contribution in [1.29, 1.82) is 0 Å². The molecule has 5 heteroatoms. The Bertz CT molecular complexity index is 541. The summed E-state index contributed by atoms with van der Waals surface area (Å²) in [5.74, 6) is -0.228. The fourth-order valence-electron chi connectivity index (χ4n) is 2.49. The molecule has 0 aliphatic carbocycles. The molecule has 1 aromatic carbocycles. The second kappa shape index (κ2) is 5.01. The summed E-state index contributed by atoms with van der Waals surface area (Å²) in [4.78, 5) is 2.28. The molecule has 1 aliphatic rings. The van der Waals surface area contributed by atoms with Gasteiger partial charge in [-0.1, -0.05) is 0 Å². The summed E-state index contributed by atoms with van der Waals surface area (Å²) in [6, 6.07) is 6.76. The minimum atomic E-state index is -0.228. The molecule has 0 spiro atoms. The van der Waals surface area contributed by atoms with Crippen LogP contribution in [0.2, 0.25) is 0 Å². The molecule has 19 heavy (non-hydrogen) atoms. The van der Waals surface area contributed by atoms with Crippen molar-refractivity contribution in [2.45, 2.75) is 18.9 Å². The molecular formula is C14H17FN4. The number of aromatic nitrogens is 2. The standard InChI is InChI=1S/C14H17FN4/c15-11-3-1-10(2-4-11)14-13(9-17-18-14)19-7-5-12(16)6-8-19/h1-4,9,12H,5-8,16H2,(H,17,18). The van der Waals surface area contributed by atoms with Crippen LogP contribution in [0.3, 0.4) is 0 Å². The maximum Gasteiger partial charge on any atom is 0.123 e. The Morgan fingerprint density at radius 1 is 1.21 bits per heavy atom. The molecule has 0 unspecified atom stereocenters. The number of nitrogens with two attached hydrogens (primary N) is 1. The summed E-state index contributed by atoms with van der Waals surface area (Å²) in [5.41, 5.74) is 8.88. The van der Waals surface area contributed by atoms with E-state index in [4.69, 9.17) is 5.73 Å². The molecule has 1 saturated heterocycles. The molecule has 3 N–H and O–H groups in total. The molecule has 0 radical (unpaired) electrons. The zero-order valence-electron chi connectivity index (χ0n) is 10.6. The lowest BCUT2D eigenvalue weighted by atomic mass is 10.0. The Labute approximate surface area is 111 Å². The largest absolute Gasteiger partial charge is 0.368 e. The first-order valence-corrected chi connectivity index (χ1v) is 6.54. The maximum absolute atomic E-state index is 13.0. The molecule has 0 bridgehead atoms. The van der Waals surface area contributed by atoms with Crippen LogP contribution in [0.5, 0.6) is 0 Å². The van der Waals surface area contributed by atoms with Crippen LogP contribution in [0.25, 0.3) is 11.3 Å². The predicted octanol–water partition coefficient (Wildman–Crippen LogP) is 2.14. The van der Waals surface area contributed by atoms with Gasteiger partial charge in [-0.2, -0.15) is 5.10 Å². The lowest BCUT2D eigenvalue weighted by Crippen LogP contribution is -2.39. The SMILES string of the molecule is NC1CCN(c2cn[nH]c2-c2ccc(F)cc2)CC1. The summed E-state index contributed by atoms with van der Waals surface area (Å²) < 4.78 is 13.0. The van der Waals surface area contributed by atoms with Crippen molar-refractivity contribution in [2.75, 3.05) is 18.0 Å². The molecule has 2 aromatic rings. The third kappa shape index (κ3) is 2.46. The van der Waals surface area contributed by atoms with Crippen molar-refractivity contribution in [3.8, 4) is 11.3 Å². The lowest BCUT2D eigenvalue weighted by molar-refractivity contribution is 0.501. The molecular weight excluding hydrogens is 243 g/mol. The van der Waals surface area contributed by atoms with E-state index in [-0.39, 0.29) is 5.82 Å². The molecule has 4 nitrogen and oxygen atoms in total. The third-order valence-electron chi connectivity index (χ3n) is 3.63. The van der Waals surface area contributed by atoms with Gasteiger partial charge >= 0.3 is 0 Å². The van der Waals surface area contributed by atoms with E-state index in [2.05, 4.69) is 15.1 Å². The van der Waals surface area contributed by atoms with E-state index in [9.17, 15) is 4.39 Å². The van der Waals surface area contributed by atoms with Gasteiger partial charge in [0.05, 0.1) is 17.6 Å². The van der Waals surface area contributed by atoms with Crippen LogP contribution in [0.1, 0.15) is 12.8 Å². The van der Waals surface area contributed by atoms with Gasteiger partial charge in [0.25, 0.3) is 0 Å². The number of halogens is 1. The van der Waals surface area contributed by atoms with Crippen molar-refractivity contribution < 1.29 is 4.39 Å². The second-order valence-electron chi connectivity index (χ2n) is 4.96. The second-order valence-corrected chi connectivity index (χ2v) is 4.96. The third-order valence-corrected chi connectivity index (χ3v) is 3.63. The Hall–Kier alpha value is -1.88. The minimum absolute atomic E-state index is 0.228. The molecule has 1 aliphatic heterocycles. The number of anilines is 1. The van der Waals surface area contributed by atoms with E-state index in [1.165, 1.54) is 12.1 Å². The zero-order chi connectivity index (χ0) is 13.2. The van der Waals surface area contributed by atoms with Gasteiger partial charge in [-0.3, -0.25) is 5.10 Å². The molecule has 0 saturated carbocycles.